The summed E-state index contributed by atoms with van der Waals surface area (Å²) in [6, 6.07) is 6.19. The van der Waals surface area contributed by atoms with Gasteiger partial charge >= 0.3 is 5.97 Å². The van der Waals surface area contributed by atoms with E-state index in [9.17, 15) is 4.79 Å². The van der Waals surface area contributed by atoms with E-state index in [4.69, 9.17) is 9.52 Å². The number of carboxylic acid groups (broad SMARTS) is 1. The number of hydrogen-bond acceptors (Lipinski definition) is 3. The van der Waals surface area contributed by atoms with Gasteiger partial charge < -0.3 is 9.52 Å². The van der Waals surface area contributed by atoms with Crippen LogP contribution in [0.1, 0.15) is 23.3 Å². The molecule has 2 aromatic rings. The molecular weight excluding hydrogens is 242 g/mol. The number of benzene rings is 1. The summed E-state index contributed by atoms with van der Waals surface area (Å²) in [5.41, 5.74) is 3.36. The Kier molecular flexibility index (Phi) is 3.90. The molecule has 1 heterocycles. The fraction of sp³-hybridized carbons (Fsp3) is 0.400. The Bertz CT molecular complexity index is 562. The molecule has 19 heavy (non-hydrogen) atoms. The summed E-state index contributed by atoms with van der Waals surface area (Å²) in [5, 5.41) is 9.76. The van der Waals surface area contributed by atoms with Gasteiger partial charge in [0.25, 0.3) is 0 Å². The smallest absolute Gasteiger partial charge is 0.304 e. The largest absolute Gasteiger partial charge is 0.481 e. The number of aryl methyl sites for hydroxylation is 2. The molecule has 0 aliphatic carbocycles. The quantitative estimate of drug-likeness (QED) is 0.899. The van der Waals surface area contributed by atoms with E-state index in [1.165, 1.54) is 11.1 Å². The first kappa shape index (κ1) is 13.6. The molecule has 0 spiro atoms. The molecule has 0 aliphatic rings. The molecule has 2 rings (SSSR count). The molecule has 1 N–H and O–H groups in total. The SMILES string of the molecule is Cc1cc2cc(CN(C)CCC(=O)O)oc2cc1C. The summed E-state index contributed by atoms with van der Waals surface area (Å²) in [5.74, 6) is 0.0931. The van der Waals surface area contributed by atoms with Crippen molar-refractivity contribution in [3.8, 4) is 0 Å². The topological polar surface area (TPSA) is 53.7 Å². The average Bonchev–Trinajstić information content (AvgIpc) is 2.68. The first-order valence-corrected chi connectivity index (χ1v) is 6.35. The monoisotopic (exact) mass is 261 g/mol. The maximum absolute atomic E-state index is 10.5. The lowest BCUT2D eigenvalue weighted by atomic mass is 10.1. The van der Waals surface area contributed by atoms with E-state index < -0.39 is 5.97 Å². The number of nitrogens with zero attached hydrogens (tertiary/aromatic N) is 1. The van der Waals surface area contributed by atoms with E-state index in [-0.39, 0.29) is 6.42 Å². The van der Waals surface area contributed by atoms with Gasteiger partial charge in [-0.1, -0.05) is 0 Å². The third-order valence-electron chi connectivity index (χ3n) is 3.32. The summed E-state index contributed by atoms with van der Waals surface area (Å²) in [4.78, 5) is 12.5. The number of fused-ring (bicyclic) bond motifs is 1. The van der Waals surface area contributed by atoms with Crippen molar-refractivity contribution >= 4 is 16.9 Å². The van der Waals surface area contributed by atoms with Crippen LogP contribution in [0.25, 0.3) is 11.0 Å². The van der Waals surface area contributed by atoms with Gasteiger partial charge in [-0.25, -0.2) is 0 Å². The minimum Gasteiger partial charge on any atom is -0.481 e. The molecule has 0 saturated carbocycles. The van der Waals surface area contributed by atoms with Crippen LogP contribution in [0.2, 0.25) is 0 Å². The van der Waals surface area contributed by atoms with Crippen LogP contribution >= 0.6 is 0 Å². The van der Waals surface area contributed by atoms with Crippen LogP contribution in [0.5, 0.6) is 0 Å². The van der Waals surface area contributed by atoms with Crippen LogP contribution < -0.4 is 0 Å². The molecular formula is C15H19NO3. The zero-order valence-corrected chi connectivity index (χ0v) is 11.6. The van der Waals surface area contributed by atoms with Crippen molar-refractivity contribution < 1.29 is 14.3 Å². The van der Waals surface area contributed by atoms with Crippen molar-refractivity contribution in [3.63, 3.8) is 0 Å². The fourth-order valence-corrected chi connectivity index (χ4v) is 2.07. The number of aliphatic carboxylic acids is 1. The van der Waals surface area contributed by atoms with E-state index in [0.717, 1.165) is 16.7 Å². The van der Waals surface area contributed by atoms with Gasteiger partial charge in [0.2, 0.25) is 0 Å². The highest BCUT2D eigenvalue weighted by Crippen LogP contribution is 2.23. The number of carbonyl (C=O) groups is 1. The summed E-state index contributed by atoms with van der Waals surface area (Å²) < 4.78 is 5.79. The van der Waals surface area contributed by atoms with E-state index in [1.54, 1.807) is 0 Å². The maximum Gasteiger partial charge on any atom is 0.304 e. The fourth-order valence-electron chi connectivity index (χ4n) is 2.07. The first-order chi connectivity index (χ1) is 8.95. The lowest BCUT2D eigenvalue weighted by Crippen LogP contribution is -2.20. The number of carboxylic acids is 1. The zero-order valence-electron chi connectivity index (χ0n) is 11.6. The highest BCUT2D eigenvalue weighted by atomic mass is 16.4. The van der Waals surface area contributed by atoms with E-state index in [1.807, 2.05) is 24.1 Å². The van der Waals surface area contributed by atoms with Gasteiger partial charge in [-0.2, -0.15) is 0 Å². The van der Waals surface area contributed by atoms with Gasteiger partial charge in [-0.05, 0) is 50.2 Å². The standard InChI is InChI=1S/C15H19NO3/c1-10-6-12-8-13(19-14(12)7-11(10)2)9-16(3)5-4-15(17)18/h6-8H,4-5,9H2,1-3H3,(H,17,18). The predicted octanol–water partition coefficient (Wildman–Crippen LogP) is 2.96. The Morgan fingerprint density at radius 1 is 1.26 bits per heavy atom. The molecule has 0 fully saturated rings. The molecule has 1 aromatic heterocycles. The molecule has 0 saturated heterocycles. The highest BCUT2D eigenvalue weighted by Gasteiger charge is 2.09. The minimum absolute atomic E-state index is 0.148. The Balaban J connectivity index is 2.11. The van der Waals surface area contributed by atoms with Gasteiger partial charge in [-0.3, -0.25) is 9.69 Å². The zero-order chi connectivity index (χ0) is 14.0. The molecule has 0 atom stereocenters. The molecule has 0 amide bonds. The Morgan fingerprint density at radius 3 is 2.63 bits per heavy atom. The lowest BCUT2D eigenvalue weighted by molar-refractivity contribution is -0.137. The molecule has 102 valence electrons. The third-order valence-corrected chi connectivity index (χ3v) is 3.32. The normalized spacial score (nSPS) is 11.4. The second kappa shape index (κ2) is 5.45. The summed E-state index contributed by atoms with van der Waals surface area (Å²) in [7, 11) is 1.90. The van der Waals surface area contributed by atoms with E-state index in [0.29, 0.717) is 13.1 Å². The molecule has 4 nitrogen and oxygen atoms in total. The minimum atomic E-state index is -0.775. The Labute approximate surface area is 112 Å². The van der Waals surface area contributed by atoms with Gasteiger partial charge in [-0.15, -0.1) is 0 Å². The van der Waals surface area contributed by atoms with Crippen LogP contribution in [0.4, 0.5) is 0 Å². The molecule has 0 radical (unpaired) electrons. The summed E-state index contributed by atoms with van der Waals surface area (Å²) in [6.45, 7) is 5.29. The van der Waals surface area contributed by atoms with Crippen LogP contribution in [-0.2, 0) is 11.3 Å². The second-order valence-corrected chi connectivity index (χ2v) is 5.07. The molecule has 0 aliphatic heterocycles. The lowest BCUT2D eigenvalue weighted by Gasteiger charge is -2.12. The van der Waals surface area contributed by atoms with Crippen LogP contribution in [0.3, 0.4) is 0 Å². The second-order valence-electron chi connectivity index (χ2n) is 5.07. The highest BCUT2D eigenvalue weighted by molar-refractivity contribution is 5.79. The van der Waals surface area contributed by atoms with Crippen LogP contribution in [-0.4, -0.2) is 29.6 Å². The van der Waals surface area contributed by atoms with Gasteiger partial charge in [0.05, 0.1) is 13.0 Å². The van der Waals surface area contributed by atoms with Crippen molar-refractivity contribution in [2.45, 2.75) is 26.8 Å². The number of furan rings is 1. The predicted molar refractivity (Wildman–Crippen MR) is 74.3 cm³/mol. The van der Waals surface area contributed by atoms with Crippen LogP contribution in [0, 0.1) is 13.8 Å². The molecule has 4 heteroatoms. The van der Waals surface area contributed by atoms with E-state index in [2.05, 4.69) is 19.9 Å². The summed E-state index contributed by atoms with van der Waals surface area (Å²) in [6.07, 6.45) is 0.148. The van der Waals surface area contributed by atoms with E-state index >= 15 is 0 Å². The van der Waals surface area contributed by atoms with Crippen molar-refractivity contribution in [3.05, 3.63) is 35.1 Å². The van der Waals surface area contributed by atoms with Crippen molar-refractivity contribution in [1.29, 1.82) is 0 Å². The van der Waals surface area contributed by atoms with Crippen molar-refractivity contribution in [1.82, 2.24) is 4.90 Å². The average molecular weight is 261 g/mol. The van der Waals surface area contributed by atoms with Crippen LogP contribution in [0.15, 0.2) is 22.6 Å². The summed E-state index contributed by atoms with van der Waals surface area (Å²) >= 11 is 0. The maximum atomic E-state index is 10.5. The Morgan fingerprint density at radius 2 is 1.95 bits per heavy atom. The number of hydrogen-bond donors (Lipinski definition) is 1. The first-order valence-electron chi connectivity index (χ1n) is 6.35. The van der Waals surface area contributed by atoms with Gasteiger partial charge in [0.15, 0.2) is 0 Å². The van der Waals surface area contributed by atoms with Crippen molar-refractivity contribution in [2.75, 3.05) is 13.6 Å². The Hall–Kier alpha value is -1.81. The van der Waals surface area contributed by atoms with Gasteiger partial charge in [0, 0.05) is 11.9 Å². The molecule has 0 unspecified atom stereocenters. The van der Waals surface area contributed by atoms with Crippen molar-refractivity contribution in [2.24, 2.45) is 0 Å². The third kappa shape index (κ3) is 3.35. The molecule has 0 bridgehead atoms. The van der Waals surface area contributed by atoms with Gasteiger partial charge in [0.1, 0.15) is 11.3 Å². The number of rotatable bonds is 5. The molecule has 1 aromatic carbocycles.